The number of amides is 1. The first-order chi connectivity index (χ1) is 15.7. The molecule has 1 saturated heterocycles. The number of thiophene rings is 1. The van der Waals surface area contributed by atoms with Crippen molar-refractivity contribution >= 4 is 49.2 Å². The smallest absolute Gasteiger partial charge is 0.255 e. The molecule has 3 heterocycles. The molecule has 168 valence electrons. The van der Waals surface area contributed by atoms with Gasteiger partial charge >= 0.3 is 0 Å². The predicted molar refractivity (Wildman–Crippen MR) is 135 cm³/mol. The fourth-order valence-corrected chi connectivity index (χ4v) is 6.58. The molecule has 0 atom stereocenters. The number of rotatable bonds is 4. The number of benzene rings is 1. The zero-order valence-corrected chi connectivity index (χ0v) is 21.0. The Morgan fingerprint density at radius 2 is 1.84 bits per heavy atom. The number of fused-ring (bicyclic) bond motifs is 3. The molecule has 1 aromatic carbocycles. The molecule has 1 fully saturated rings. The lowest BCUT2D eigenvalue weighted by atomic mass is 10.1. The van der Waals surface area contributed by atoms with E-state index in [1.54, 1.807) is 0 Å². The molecule has 3 aromatic rings. The monoisotopic (exact) mass is 512 g/mol. The number of carbonyl (C=O) groups is 1. The number of piperazine rings is 1. The minimum Gasteiger partial charge on any atom is -0.352 e. The number of halogens is 1. The van der Waals surface area contributed by atoms with E-state index in [0.717, 1.165) is 58.9 Å². The summed E-state index contributed by atoms with van der Waals surface area (Å²) in [6.45, 7) is 5.21. The van der Waals surface area contributed by atoms with Crippen molar-refractivity contribution < 1.29 is 4.79 Å². The summed E-state index contributed by atoms with van der Waals surface area (Å²) < 4.78 is 0.857. The molecule has 7 heteroatoms. The summed E-state index contributed by atoms with van der Waals surface area (Å²) in [4.78, 5) is 30.1. The van der Waals surface area contributed by atoms with Gasteiger partial charge in [-0.3, -0.25) is 4.79 Å². The molecule has 0 N–H and O–H groups in total. The van der Waals surface area contributed by atoms with E-state index in [2.05, 4.69) is 27.8 Å². The van der Waals surface area contributed by atoms with Crippen LogP contribution < -0.4 is 4.90 Å². The number of aryl methyl sites for hydroxylation is 3. The molecular formula is C25H29BrN4OS. The number of hydrogen-bond donors (Lipinski definition) is 0. The van der Waals surface area contributed by atoms with Crippen LogP contribution in [-0.4, -0.2) is 47.0 Å². The molecule has 1 aliphatic carbocycles. The van der Waals surface area contributed by atoms with Gasteiger partial charge in [-0.15, -0.1) is 11.3 Å². The Labute approximate surface area is 202 Å². The first-order valence-electron chi connectivity index (χ1n) is 11.8. The zero-order chi connectivity index (χ0) is 22.1. The Morgan fingerprint density at radius 3 is 2.62 bits per heavy atom. The second-order valence-corrected chi connectivity index (χ2v) is 10.7. The second kappa shape index (κ2) is 9.48. The number of aromatic nitrogens is 2. The molecule has 1 amide bonds. The Morgan fingerprint density at radius 1 is 1.06 bits per heavy atom. The highest BCUT2D eigenvalue weighted by atomic mass is 79.9. The zero-order valence-electron chi connectivity index (χ0n) is 18.6. The molecule has 0 saturated carbocycles. The van der Waals surface area contributed by atoms with E-state index >= 15 is 0 Å². The summed E-state index contributed by atoms with van der Waals surface area (Å²) >= 11 is 5.41. The summed E-state index contributed by atoms with van der Waals surface area (Å²) in [6, 6.07) is 7.68. The van der Waals surface area contributed by atoms with Gasteiger partial charge < -0.3 is 9.80 Å². The predicted octanol–water partition coefficient (Wildman–Crippen LogP) is 5.64. The molecule has 0 radical (unpaired) electrons. The van der Waals surface area contributed by atoms with Crippen LogP contribution in [0.4, 0.5) is 5.82 Å². The third-order valence-corrected chi connectivity index (χ3v) is 8.41. The summed E-state index contributed by atoms with van der Waals surface area (Å²) in [5.74, 6) is 2.16. The molecule has 5 nitrogen and oxygen atoms in total. The van der Waals surface area contributed by atoms with Crippen molar-refractivity contribution in [3.8, 4) is 0 Å². The lowest BCUT2D eigenvalue weighted by molar-refractivity contribution is 0.0745. The Hall–Kier alpha value is -1.99. The van der Waals surface area contributed by atoms with Gasteiger partial charge in [0, 0.05) is 41.9 Å². The Bertz CT molecular complexity index is 1140. The maximum Gasteiger partial charge on any atom is 0.255 e. The third kappa shape index (κ3) is 4.17. The first kappa shape index (κ1) is 21.8. The molecule has 0 spiro atoms. The van der Waals surface area contributed by atoms with E-state index < -0.39 is 0 Å². The summed E-state index contributed by atoms with van der Waals surface area (Å²) in [5, 5.41) is 1.29. The van der Waals surface area contributed by atoms with Crippen LogP contribution in [0.1, 0.15) is 59.2 Å². The van der Waals surface area contributed by atoms with Crippen LogP contribution in [0.2, 0.25) is 0 Å². The van der Waals surface area contributed by atoms with Crippen molar-refractivity contribution in [2.24, 2.45) is 0 Å². The minimum absolute atomic E-state index is 0.0982. The van der Waals surface area contributed by atoms with Gasteiger partial charge in [-0.05, 0) is 65.7 Å². The molecule has 32 heavy (non-hydrogen) atoms. The maximum absolute atomic E-state index is 13.1. The highest BCUT2D eigenvalue weighted by Gasteiger charge is 2.28. The van der Waals surface area contributed by atoms with Crippen molar-refractivity contribution in [3.05, 3.63) is 50.6 Å². The van der Waals surface area contributed by atoms with E-state index in [4.69, 9.17) is 9.97 Å². The lowest BCUT2D eigenvalue weighted by Gasteiger charge is -2.36. The van der Waals surface area contributed by atoms with Gasteiger partial charge in [0.25, 0.3) is 5.91 Å². The molecule has 0 bridgehead atoms. The van der Waals surface area contributed by atoms with Crippen molar-refractivity contribution in [2.75, 3.05) is 31.1 Å². The standard InChI is InChI=1S/C25H29BrN4OS/c1-2-8-21-27-23(22-18-10-4-3-5-12-20(18)32-24(22)28-21)29-13-15-30(16-14-29)25(31)17-9-6-7-11-19(17)26/h6-7,9,11H,2-5,8,10,12-16H2,1H3. The topological polar surface area (TPSA) is 49.3 Å². The van der Waals surface area contributed by atoms with Crippen LogP contribution >= 0.6 is 27.3 Å². The van der Waals surface area contributed by atoms with Gasteiger partial charge in [0.1, 0.15) is 16.5 Å². The van der Waals surface area contributed by atoms with Gasteiger partial charge in [-0.1, -0.05) is 25.5 Å². The van der Waals surface area contributed by atoms with Crippen LogP contribution in [0.3, 0.4) is 0 Å². The largest absolute Gasteiger partial charge is 0.352 e. The molecule has 5 rings (SSSR count). The van der Waals surface area contributed by atoms with Crippen molar-refractivity contribution in [3.63, 3.8) is 0 Å². The Balaban J connectivity index is 1.44. The van der Waals surface area contributed by atoms with Gasteiger partial charge in [-0.25, -0.2) is 9.97 Å². The molecule has 2 aromatic heterocycles. The number of nitrogens with zero attached hydrogens (tertiary/aromatic N) is 4. The summed E-state index contributed by atoms with van der Waals surface area (Å²) in [7, 11) is 0. The van der Waals surface area contributed by atoms with Gasteiger partial charge in [0.05, 0.1) is 10.9 Å². The average molecular weight is 514 g/mol. The molecule has 1 aliphatic heterocycles. The highest BCUT2D eigenvalue weighted by molar-refractivity contribution is 9.10. The van der Waals surface area contributed by atoms with Crippen molar-refractivity contribution in [1.82, 2.24) is 14.9 Å². The lowest BCUT2D eigenvalue weighted by Crippen LogP contribution is -2.49. The SMILES string of the molecule is CCCc1nc(N2CCN(C(=O)c3ccccc3Br)CC2)c2c3c(sc2n1)CCCCC3. The van der Waals surface area contributed by atoms with E-state index in [9.17, 15) is 4.79 Å². The Kier molecular flexibility index (Phi) is 6.47. The van der Waals surface area contributed by atoms with Crippen LogP contribution in [-0.2, 0) is 19.3 Å². The molecule has 2 aliphatic rings. The van der Waals surface area contributed by atoms with Gasteiger partial charge in [0.15, 0.2) is 0 Å². The quantitative estimate of drug-likeness (QED) is 0.424. The third-order valence-electron chi connectivity index (χ3n) is 6.54. The van der Waals surface area contributed by atoms with Crippen LogP contribution in [0.15, 0.2) is 28.7 Å². The van der Waals surface area contributed by atoms with Crippen molar-refractivity contribution in [1.29, 1.82) is 0 Å². The van der Waals surface area contributed by atoms with Crippen molar-refractivity contribution in [2.45, 2.75) is 51.9 Å². The number of hydrogen-bond acceptors (Lipinski definition) is 5. The fourth-order valence-electron chi connectivity index (χ4n) is 4.85. The van der Waals surface area contributed by atoms with E-state index in [-0.39, 0.29) is 5.91 Å². The minimum atomic E-state index is 0.0982. The summed E-state index contributed by atoms with van der Waals surface area (Å²) in [6.07, 6.45) is 8.11. The molecule has 0 unspecified atom stereocenters. The van der Waals surface area contributed by atoms with Crippen LogP contribution in [0.5, 0.6) is 0 Å². The molecular weight excluding hydrogens is 484 g/mol. The first-order valence-corrected chi connectivity index (χ1v) is 13.4. The van der Waals surface area contributed by atoms with E-state index in [0.29, 0.717) is 13.1 Å². The highest BCUT2D eigenvalue weighted by Crippen LogP contribution is 2.39. The maximum atomic E-state index is 13.1. The number of anilines is 1. The number of carbonyl (C=O) groups excluding carboxylic acids is 1. The summed E-state index contributed by atoms with van der Waals surface area (Å²) in [5.41, 5.74) is 2.23. The second-order valence-electron chi connectivity index (χ2n) is 8.72. The fraction of sp³-hybridized carbons (Fsp3) is 0.480. The van der Waals surface area contributed by atoms with E-state index in [1.165, 1.54) is 41.5 Å². The van der Waals surface area contributed by atoms with Crippen LogP contribution in [0, 0.1) is 0 Å². The van der Waals surface area contributed by atoms with Gasteiger partial charge in [0.2, 0.25) is 0 Å². The average Bonchev–Trinajstić information content (AvgIpc) is 2.99. The normalized spacial score (nSPS) is 16.8. The van der Waals surface area contributed by atoms with Gasteiger partial charge in [-0.2, -0.15) is 0 Å². The van der Waals surface area contributed by atoms with E-state index in [1.807, 2.05) is 40.5 Å². The van der Waals surface area contributed by atoms with Crippen LogP contribution in [0.25, 0.3) is 10.2 Å².